The number of hydrogen-bond donors (Lipinski definition) is 3. The SMILES string of the molecule is CCCCCC/C=C\C/C=C\CCCCCCCCCC(=O)OCCCCCCCCCCCCCCCCC(=O)NC(CO)C(O)CCCCCCCCCCCCCCCCCCCCCCCCC. The van der Waals surface area contributed by atoms with E-state index in [9.17, 15) is 19.8 Å². The van der Waals surface area contributed by atoms with E-state index in [-0.39, 0.29) is 18.5 Å². The van der Waals surface area contributed by atoms with Gasteiger partial charge in [-0.25, -0.2) is 0 Å². The maximum Gasteiger partial charge on any atom is 0.305 e. The van der Waals surface area contributed by atoms with Crippen molar-refractivity contribution >= 4 is 11.9 Å². The summed E-state index contributed by atoms with van der Waals surface area (Å²) in [6, 6.07) is -0.551. The Kier molecular flexibility index (Phi) is 60.5. The van der Waals surface area contributed by atoms with Gasteiger partial charge in [-0.2, -0.15) is 0 Å². The molecule has 0 saturated heterocycles. The summed E-state index contributed by atoms with van der Waals surface area (Å²) >= 11 is 0. The number of unbranched alkanes of at least 4 members (excludes halogenated alkanes) is 46. The molecule has 0 rings (SSSR count). The molecule has 2 unspecified atom stereocenters. The van der Waals surface area contributed by atoms with Gasteiger partial charge in [-0.1, -0.05) is 314 Å². The lowest BCUT2D eigenvalue weighted by atomic mass is 10.0. The Balaban J connectivity index is 3.43. The highest BCUT2D eigenvalue weighted by Crippen LogP contribution is 2.18. The Hall–Kier alpha value is -1.66. The summed E-state index contributed by atoms with van der Waals surface area (Å²) in [5.41, 5.74) is 0. The molecule has 1 amide bonds. The van der Waals surface area contributed by atoms with Crippen LogP contribution >= 0.6 is 0 Å². The van der Waals surface area contributed by atoms with Gasteiger partial charge in [0.2, 0.25) is 5.91 Å². The largest absolute Gasteiger partial charge is 0.466 e. The summed E-state index contributed by atoms with van der Waals surface area (Å²) < 4.78 is 5.49. The van der Waals surface area contributed by atoms with Crippen LogP contribution in [-0.4, -0.2) is 47.4 Å². The molecule has 0 bridgehead atoms. The molecule has 426 valence electrons. The number of aliphatic hydroxyl groups is 2. The fourth-order valence-electron chi connectivity index (χ4n) is 10.3. The van der Waals surface area contributed by atoms with E-state index in [0.717, 1.165) is 57.8 Å². The predicted octanol–water partition coefficient (Wildman–Crippen LogP) is 20.6. The molecule has 2 atom stereocenters. The molecule has 72 heavy (non-hydrogen) atoms. The zero-order valence-electron chi connectivity index (χ0n) is 48.7. The van der Waals surface area contributed by atoms with Crippen molar-refractivity contribution in [3.05, 3.63) is 24.3 Å². The van der Waals surface area contributed by atoms with E-state index in [2.05, 4.69) is 43.5 Å². The summed E-state index contributed by atoms with van der Waals surface area (Å²) in [7, 11) is 0. The molecule has 0 aliphatic rings. The second kappa shape index (κ2) is 61.9. The van der Waals surface area contributed by atoms with Crippen molar-refractivity contribution < 1.29 is 24.5 Å². The van der Waals surface area contributed by atoms with Crippen molar-refractivity contribution in [3.8, 4) is 0 Å². The van der Waals surface area contributed by atoms with Gasteiger partial charge < -0.3 is 20.3 Å². The lowest BCUT2D eigenvalue weighted by molar-refractivity contribution is -0.143. The molecule has 0 saturated carbocycles. The molecule has 0 aromatic heterocycles. The van der Waals surface area contributed by atoms with Crippen LogP contribution in [0.2, 0.25) is 0 Å². The van der Waals surface area contributed by atoms with Crippen molar-refractivity contribution in [2.45, 2.75) is 373 Å². The van der Waals surface area contributed by atoms with Crippen LogP contribution in [0.4, 0.5) is 0 Å². The molecule has 0 aliphatic carbocycles. The number of aliphatic hydroxyl groups excluding tert-OH is 2. The molecule has 0 radical (unpaired) electrons. The summed E-state index contributed by atoms with van der Waals surface area (Å²) in [4.78, 5) is 24.6. The first-order chi connectivity index (χ1) is 35.5. The number of ether oxygens (including phenoxy) is 1. The lowest BCUT2D eigenvalue weighted by Gasteiger charge is -2.22. The molecule has 0 spiro atoms. The minimum atomic E-state index is -0.673. The number of allylic oxidation sites excluding steroid dienone is 4. The van der Waals surface area contributed by atoms with Gasteiger partial charge in [0, 0.05) is 12.8 Å². The highest BCUT2D eigenvalue weighted by atomic mass is 16.5. The Morgan fingerprint density at radius 2 is 0.694 bits per heavy atom. The number of rotatable bonds is 61. The molecule has 0 aliphatic heterocycles. The zero-order valence-corrected chi connectivity index (χ0v) is 48.7. The number of carbonyl (C=O) groups excluding carboxylic acids is 2. The summed E-state index contributed by atoms with van der Waals surface area (Å²) in [6.07, 6.45) is 76.1. The van der Waals surface area contributed by atoms with Crippen LogP contribution in [0, 0.1) is 0 Å². The first kappa shape index (κ1) is 70.3. The van der Waals surface area contributed by atoms with Crippen LogP contribution in [0.1, 0.15) is 361 Å². The van der Waals surface area contributed by atoms with Crippen LogP contribution in [-0.2, 0) is 14.3 Å². The quantitative estimate of drug-likeness (QED) is 0.0320. The number of carbonyl (C=O) groups is 2. The fraction of sp³-hybridized carbons (Fsp3) is 0.909. The van der Waals surface area contributed by atoms with Crippen molar-refractivity contribution in [3.63, 3.8) is 0 Å². The van der Waals surface area contributed by atoms with E-state index in [1.165, 1.54) is 270 Å². The normalized spacial score (nSPS) is 12.7. The fourth-order valence-corrected chi connectivity index (χ4v) is 10.3. The Bertz CT molecular complexity index is 1120. The standard InChI is InChI=1S/C66H127NO5/c1-3-5-7-9-11-13-15-17-19-21-23-24-25-26-27-28-30-34-38-42-46-50-54-58-64(69)63(62-68)67-65(70)59-55-51-47-43-39-35-32-33-37-41-45-49-53-57-61-72-66(71)60-56-52-48-44-40-36-31-29-22-20-18-16-14-12-10-8-6-4-2/h14,16,20,22,63-64,68-69H,3-13,15,17-19,21,23-62H2,1-2H3,(H,67,70)/b16-14-,22-20-. The molecule has 3 N–H and O–H groups in total. The molecule has 0 aromatic rings. The van der Waals surface area contributed by atoms with Gasteiger partial charge in [-0.3, -0.25) is 9.59 Å². The van der Waals surface area contributed by atoms with Gasteiger partial charge >= 0.3 is 5.97 Å². The highest BCUT2D eigenvalue weighted by Gasteiger charge is 2.20. The number of amides is 1. The topological polar surface area (TPSA) is 95.9 Å². The second-order valence-electron chi connectivity index (χ2n) is 22.5. The van der Waals surface area contributed by atoms with Gasteiger partial charge in [0.1, 0.15) is 0 Å². The Morgan fingerprint density at radius 1 is 0.389 bits per heavy atom. The van der Waals surface area contributed by atoms with Gasteiger partial charge in [0.05, 0.1) is 25.4 Å². The second-order valence-corrected chi connectivity index (χ2v) is 22.5. The first-order valence-electron chi connectivity index (χ1n) is 32.6. The molecule has 0 heterocycles. The van der Waals surface area contributed by atoms with Crippen molar-refractivity contribution in [1.82, 2.24) is 5.32 Å². The smallest absolute Gasteiger partial charge is 0.305 e. The van der Waals surface area contributed by atoms with E-state index in [1.807, 2.05) is 0 Å². The van der Waals surface area contributed by atoms with E-state index in [0.29, 0.717) is 25.9 Å². The van der Waals surface area contributed by atoms with Gasteiger partial charge in [-0.15, -0.1) is 0 Å². The van der Waals surface area contributed by atoms with Crippen molar-refractivity contribution in [2.75, 3.05) is 13.2 Å². The number of nitrogens with one attached hydrogen (secondary N) is 1. The minimum Gasteiger partial charge on any atom is -0.466 e. The summed E-state index contributed by atoms with van der Waals surface area (Å²) in [5, 5.41) is 23.4. The summed E-state index contributed by atoms with van der Waals surface area (Å²) in [6.45, 7) is 4.94. The third kappa shape index (κ3) is 57.6. The van der Waals surface area contributed by atoms with Crippen molar-refractivity contribution in [1.29, 1.82) is 0 Å². The highest BCUT2D eigenvalue weighted by molar-refractivity contribution is 5.76. The van der Waals surface area contributed by atoms with Gasteiger partial charge in [-0.05, 0) is 57.8 Å². The average Bonchev–Trinajstić information content (AvgIpc) is 3.38. The lowest BCUT2D eigenvalue weighted by Crippen LogP contribution is -2.45. The molecule has 6 heteroatoms. The van der Waals surface area contributed by atoms with Crippen LogP contribution in [0.3, 0.4) is 0 Å². The summed E-state index contributed by atoms with van der Waals surface area (Å²) in [5.74, 6) is -0.0502. The monoisotopic (exact) mass is 1010 g/mol. The van der Waals surface area contributed by atoms with E-state index >= 15 is 0 Å². The molecule has 0 aromatic carbocycles. The van der Waals surface area contributed by atoms with Gasteiger partial charge in [0.15, 0.2) is 0 Å². The number of esters is 1. The molecule has 6 nitrogen and oxygen atoms in total. The Morgan fingerprint density at radius 3 is 1.07 bits per heavy atom. The number of hydrogen-bond acceptors (Lipinski definition) is 5. The molecular formula is C66H127NO5. The van der Waals surface area contributed by atoms with E-state index in [1.54, 1.807) is 0 Å². The predicted molar refractivity (Wildman–Crippen MR) is 315 cm³/mol. The molecule has 0 fully saturated rings. The third-order valence-electron chi connectivity index (χ3n) is 15.3. The van der Waals surface area contributed by atoms with E-state index < -0.39 is 12.1 Å². The first-order valence-corrected chi connectivity index (χ1v) is 32.6. The Labute approximate surface area is 450 Å². The van der Waals surface area contributed by atoms with Crippen LogP contribution < -0.4 is 5.32 Å². The van der Waals surface area contributed by atoms with Crippen molar-refractivity contribution in [2.24, 2.45) is 0 Å². The maximum atomic E-state index is 12.5. The van der Waals surface area contributed by atoms with Crippen LogP contribution in [0.5, 0.6) is 0 Å². The van der Waals surface area contributed by atoms with Gasteiger partial charge in [0.25, 0.3) is 0 Å². The average molecular weight is 1010 g/mol. The van der Waals surface area contributed by atoms with Crippen LogP contribution in [0.25, 0.3) is 0 Å². The zero-order chi connectivity index (χ0) is 52.2. The third-order valence-corrected chi connectivity index (χ3v) is 15.3. The maximum absolute atomic E-state index is 12.5. The molecular weight excluding hydrogens is 887 g/mol. The minimum absolute atomic E-state index is 0.00830. The van der Waals surface area contributed by atoms with Crippen LogP contribution in [0.15, 0.2) is 24.3 Å². The van der Waals surface area contributed by atoms with E-state index in [4.69, 9.17) is 4.74 Å².